The lowest BCUT2D eigenvalue weighted by Crippen LogP contribution is -2.34. The normalized spacial score (nSPS) is 33.3. The molecule has 1 rings (SSSR count). The smallest absolute Gasteiger partial charge is 0.0434 e. The first-order valence-corrected chi connectivity index (χ1v) is 5.63. The Balaban J connectivity index is 2.31. The Hall–Kier alpha value is 0.350. The minimum Gasteiger partial charge on any atom is -0.669 e. The third-order valence-electron chi connectivity index (χ3n) is 2.72. The Morgan fingerprint density at radius 2 is 2.18 bits per heavy atom. The minimum atomic E-state index is -0.747. The first-order valence-electron chi connectivity index (χ1n) is 4.58. The molecule has 0 aromatic rings. The summed E-state index contributed by atoms with van der Waals surface area (Å²) in [7, 11) is -0.747. The van der Waals surface area contributed by atoms with Crippen molar-refractivity contribution in [3.05, 3.63) is 0 Å². The molecule has 0 saturated heterocycles. The van der Waals surface area contributed by atoms with Gasteiger partial charge in [-0.3, -0.25) is 0 Å². The summed E-state index contributed by atoms with van der Waals surface area (Å²) in [6.07, 6.45) is 6.47. The molecule has 0 radical (unpaired) electrons. The molecule has 0 aliphatic heterocycles. The van der Waals surface area contributed by atoms with Gasteiger partial charge in [-0.05, 0) is 18.8 Å². The molecule has 66 valence electrons. The van der Waals surface area contributed by atoms with E-state index in [1.54, 1.807) is 0 Å². The largest absolute Gasteiger partial charge is 0.669 e. The number of nitrogens with one attached hydrogen (secondary N) is 1. The highest BCUT2D eigenvalue weighted by atomic mass is 31.1. The molecule has 2 nitrogen and oxygen atoms in total. The lowest BCUT2D eigenvalue weighted by atomic mass is 9.83. The second-order valence-electron chi connectivity index (χ2n) is 3.34. The monoisotopic (exact) mass is 175 g/mol. The SMILES string of the molecule is CCC1CCCCC1N[PH2+][O-]. The minimum absolute atomic E-state index is 0.557. The molecule has 1 aliphatic rings. The number of hydrogen-bond acceptors (Lipinski definition) is 2. The zero-order chi connectivity index (χ0) is 8.10. The molecule has 0 heterocycles. The van der Waals surface area contributed by atoms with E-state index < -0.39 is 8.96 Å². The molecule has 0 spiro atoms. The van der Waals surface area contributed by atoms with Crippen LogP contribution in [-0.2, 0) is 0 Å². The van der Waals surface area contributed by atoms with Crippen LogP contribution >= 0.6 is 8.96 Å². The van der Waals surface area contributed by atoms with E-state index in [2.05, 4.69) is 12.0 Å². The lowest BCUT2D eigenvalue weighted by molar-refractivity contribution is -0.153. The summed E-state index contributed by atoms with van der Waals surface area (Å²) in [5.74, 6) is 0.783. The van der Waals surface area contributed by atoms with E-state index in [0.717, 1.165) is 5.92 Å². The summed E-state index contributed by atoms with van der Waals surface area (Å²) >= 11 is 0. The summed E-state index contributed by atoms with van der Waals surface area (Å²) in [5.41, 5.74) is 0. The van der Waals surface area contributed by atoms with Crippen molar-refractivity contribution < 1.29 is 4.89 Å². The van der Waals surface area contributed by atoms with Gasteiger partial charge in [-0.1, -0.05) is 26.2 Å². The van der Waals surface area contributed by atoms with Crippen molar-refractivity contribution in [2.75, 3.05) is 0 Å². The summed E-state index contributed by atoms with van der Waals surface area (Å²) in [6, 6.07) is 0.557. The molecule has 1 saturated carbocycles. The van der Waals surface area contributed by atoms with Gasteiger partial charge in [0.1, 0.15) is 0 Å². The van der Waals surface area contributed by atoms with Crippen molar-refractivity contribution in [1.29, 1.82) is 0 Å². The van der Waals surface area contributed by atoms with E-state index in [9.17, 15) is 4.89 Å². The van der Waals surface area contributed by atoms with Gasteiger partial charge in [-0.2, -0.15) is 5.09 Å². The highest BCUT2D eigenvalue weighted by molar-refractivity contribution is 7.26. The van der Waals surface area contributed by atoms with Gasteiger partial charge in [0.25, 0.3) is 0 Å². The predicted molar refractivity (Wildman–Crippen MR) is 48.9 cm³/mol. The van der Waals surface area contributed by atoms with E-state index in [1.807, 2.05) is 0 Å². The van der Waals surface area contributed by atoms with Crippen molar-refractivity contribution in [1.82, 2.24) is 5.09 Å². The maximum Gasteiger partial charge on any atom is 0.0434 e. The first-order chi connectivity index (χ1) is 5.38. The molecule has 0 aromatic heterocycles. The molecular weight excluding hydrogens is 157 g/mol. The molecule has 3 heteroatoms. The van der Waals surface area contributed by atoms with Gasteiger partial charge >= 0.3 is 0 Å². The third kappa shape index (κ3) is 2.70. The summed E-state index contributed by atoms with van der Waals surface area (Å²) < 4.78 is 0. The van der Waals surface area contributed by atoms with E-state index >= 15 is 0 Å². The zero-order valence-corrected chi connectivity index (χ0v) is 8.33. The Bertz CT molecular complexity index is 108. The maximum atomic E-state index is 10.4. The second kappa shape index (κ2) is 5.08. The second-order valence-corrected chi connectivity index (χ2v) is 3.91. The van der Waals surface area contributed by atoms with Crippen LogP contribution in [-0.4, -0.2) is 6.04 Å². The van der Waals surface area contributed by atoms with Crippen LogP contribution in [0.4, 0.5) is 0 Å². The van der Waals surface area contributed by atoms with Gasteiger partial charge in [0.15, 0.2) is 0 Å². The summed E-state index contributed by atoms with van der Waals surface area (Å²) in [4.78, 5) is 10.4. The Morgan fingerprint density at radius 3 is 2.82 bits per heavy atom. The Morgan fingerprint density at radius 1 is 1.45 bits per heavy atom. The summed E-state index contributed by atoms with van der Waals surface area (Å²) in [6.45, 7) is 2.23. The van der Waals surface area contributed by atoms with Crippen LogP contribution in [0.2, 0.25) is 0 Å². The van der Waals surface area contributed by atoms with Crippen molar-refractivity contribution >= 4 is 8.96 Å². The van der Waals surface area contributed by atoms with Gasteiger partial charge in [0, 0.05) is 15.0 Å². The molecule has 3 atom stereocenters. The maximum absolute atomic E-state index is 10.4. The molecule has 1 fully saturated rings. The lowest BCUT2D eigenvalue weighted by Gasteiger charge is -2.29. The molecule has 0 amide bonds. The highest BCUT2D eigenvalue weighted by Gasteiger charge is 2.23. The molecule has 1 aliphatic carbocycles. The van der Waals surface area contributed by atoms with E-state index in [-0.39, 0.29) is 0 Å². The zero-order valence-electron chi connectivity index (χ0n) is 7.18. The molecule has 1 N–H and O–H groups in total. The predicted octanol–water partition coefficient (Wildman–Crippen LogP) is 1.15. The van der Waals surface area contributed by atoms with Crippen molar-refractivity contribution in [3.63, 3.8) is 0 Å². The fourth-order valence-electron chi connectivity index (χ4n) is 2.00. The molecular formula is C8H18NOP. The standard InChI is InChI=1S/C8H18NOP/c1-2-7-5-3-4-6-8(7)9-11-10/h7-9H,2-6,11H2,1H3. The molecule has 0 bridgehead atoms. The Kier molecular flexibility index (Phi) is 4.36. The van der Waals surface area contributed by atoms with Crippen LogP contribution in [0.5, 0.6) is 0 Å². The van der Waals surface area contributed by atoms with Crippen molar-refractivity contribution in [3.8, 4) is 0 Å². The van der Waals surface area contributed by atoms with Crippen molar-refractivity contribution in [2.45, 2.75) is 45.1 Å². The molecule has 3 unspecified atom stereocenters. The van der Waals surface area contributed by atoms with Gasteiger partial charge in [0.2, 0.25) is 0 Å². The fourth-order valence-corrected chi connectivity index (χ4v) is 2.62. The first kappa shape index (κ1) is 9.44. The van der Waals surface area contributed by atoms with Crippen LogP contribution in [0.25, 0.3) is 0 Å². The van der Waals surface area contributed by atoms with Gasteiger partial charge in [0.05, 0.1) is 0 Å². The van der Waals surface area contributed by atoms with E-state index in [0.29, 0.717) is 6.04 Å². The average Bonchev–Trinajstić information content (AvgIpc) is 2.06. The van der Waals surface area contributed by atoms with E-state index in [4.69, 9.17) is 0 Å². The molecule has 0 aromatic carbocycles. The number of hydrogen-bond donors (Lipinski definition) is 1. The van der Waals surface area contributed by atoms with E-state index in [1.165, 1.54) is 32.1 Å². The van der Waals surface area contributed by atoms with Crippen LogP contribution in [0.1, 0.15) is 39.0 Å². The quantitative estimate of drug-likeness (QED) is 0.653. The van der Waals surface area contributed by atoms with Crippen LogP contribution in [0.15, 0.2) is 0 Å². The van der Waals surface area contributed by atoms with Gasteiger partial charge in [-0.15, -0.1) is 0 Å². The fraction of sp³-hybridized carbons (Fsp3) is 1.00. The Labute approximate surface area is 70.7 Å². The molecule has 11 heavy (non-hydrogen) atoms. The third-order valence-corrected chi connectivity index (χ3v) is 3.28. The number of rotatable bonds is 3. The van der Waals surface area contributed by atoms with Gasteiger partial charge < -0.3 is 4.89 Å². The van der Waals surface area contributed by atoms with Gasteiger partial charge in [-0.25, -0.2) is 0 Å². The summed E-state index contributed by atoms with van der Waals surface area (Å²) in [5, 5.41) is 3.11. The van der Waals surface area contributed by atoms with Crippen molar-refractivity contribution in [2.24, 2.45) is 5.92 Å². The van der Waals surface area contributed by atoms with Crippen LogP contribution in [0.3, 0.4) is 0 Å². The average molecular weight is 175 g/mol. The van der Waals surface area contributed by atoms with Crippen LogP contribution in [0, 0.1) is 5.92 Å². The topological polar surface area (TPSA) is 35.1 Å². The van der Waals surface area contributed by atoms with Crippen LogP contribution < -0.4 is 9.98 Å². The highest BCUT2D eigenvalue weighted by Crippen LogP contribution is 2.27.